The zero-order chi connectivity index (χ0) is 18.9. The van der Waals surface area contributed by atoms with Crippen LogP contribution in [0.15, 0.2) is 24.3 Å². The number of esters is 1. The van der Waals surface area contributed by atoms with Gasteiger partial charge >= 0.3 is 5.97 Å². The second kappa shape index (κ2) is 10.9. The third-order valence-electron chi connectivity index (χ3n) is 4.87. The van der Waals surface area contributed by atoms with Crippen molar-refractivity contribution < 1.29 is 14.3 Å². The molecule has 3 rings (SSSR count). The fraction of sp³-hybridized carbons (Fsp3) is 0.600. The molecule has 1 aromatic rings. The molecule has 0 saturated carbocycles. The molecule has 1 amide bonds. The van der Waals surface area contributed by atoms with E-state index in [0.717, 1.165) is 36.9 Å². The van der Waals surface area contributed by atoms with Crippen LogP contribution >= 0.6 is 21.6 Å². The van der Waals surface area contributed by atoms with E-state index in [2.05, 4.69) is 10.2 Å². The van der Waals surface area contributed by atoms with Gasteiger partial charge in [0.15, 0.2) is 6.61 Å². The first kappa shape index (κ1) is 20.4. The summed E-state index contributed by atoms with van der Waals surface area (Å²) in [6.45, 7) is 1.97. The largest absolute Gasteiger partial charge is 0.456 e. The third-order valence-corrected chi connectivity index (χ3v) is 7.88. The molecule has 2 saturated heterocycles. The van der Waals surface area contributed by atoms with Gasteiger partial charge in [-0.2, -0.15) is 0 Å². The van der Waals surface area contributed by atoms with Gasteiger partial charge in [0.05, 0.1) is 0 Å². The number of carbonyl (C=O) groups is 2. The van der Waals surface area contributed by atoms with Crippen molar-refractivity contribution in [3.63, 3.8) is 0 Å². The van der Waals surface area contributed by atoms with Crippen LogP contribution in [-0.2, 0) is 14.3 Å². The van der Waals surface area contributed by atoms with Gasteiger partial charge in [-0.1, -0.05) is 28.0 Å². The van der Waals surface area contributed by atoms with Crippen LogP contribution in [0.5, 0.6) is 0 Å². The lowest BCUT2D eigenvalue weighted by Gasteiger charge is -2.17. The quantitative estimate of drug-likeness (QED) is 0.369. The lowest BCUT2D eigenvalue weighted by Crippen LogP contribution is -2.21. The lowest BCUT2D eigenvalue weighted by atomic mass is 10.1. The number of nitrogens with zero attached hydrogens (tertiary/aromatic N) is 1. The number of hydrogen-bond acceptors (Lipinski definition) is 6. The van der Waals surface area contributed by atoms with Crippen LogP contribution < -0.4 is 10.2 Å². The summed E-state index contributed by atoms with van der Waals surface area (Å²) in [7, 11) is 3.91. The van der Waals surface area contributed by atoms with E-state index in [1.807, 2.05) is 45.9 Å². The second-order valence-electron chi connectivity index (χ2n) is 7.02. The molecule has 7 heteroatoms. The molecule has 0 bridgehead atoms. The molecule has 2 fully saturated rings. The Kier molecular flexibility index (Phi) is 8.20. The normalized spacial score (nSPS) is 19.3. The molecule has 0 radical (unpaired) electrons. The van der Waals surface area contributed by atoms with E-state index in [4.69, 9.17) is 4.74 Å². The van der Waals surface area contributed by atoms with Gasteiger partial charge in [-0.3, -0.25) is 9.59 Å². The molecule has 1 aromatic carbocycles. The number of hydrogen-bond donors (Lipinski definition) is 1. The van der Waals surface area contributed by atoms with Gasteiger partial charge in [0.25, 0.3) is 5.91 Å². The van der Waals surface area contributed by atoms with Crippen molar-refractivity contribution in [1.29, 1.82) is 0 Å². The Morgan fingerprint density at radius 2 is 1.93 bits per heavy atom. The monoisotopic (exact) mass is 408 g/mol. The molecule has 148 valence electrons. The first-order valence-electron chi connectivity index (χ1n) is 9.79. The molecule has 2 aliphatic heterocycles. The fourth-order valence-electron chi connectivity index (χ4n) is 3.35. The number of ether oxygens (including phenoxy) is 1. The van der Waals surface area contributed by atoms with Crippen LogP contribution in [-0.4, -0.2) is 42.6 Å². The van der Waals surface area contributed by atoms with E-state index in [9.17, 15) is 9.59 Å². The Hall–Kier alpha value is -1.34. The summed E-state index contributed by atoms with van der Waals surface area (Å²) in [6.07, 6.45) is 7.19. The molecule has 2 heterocycles. The van der Waals surface area contributed by atoms with Gasteiger partial charge in [-0.25, -0.2) is 0 Å². The average Bonchev–Trinajstić information content (AvgIpc) is 3.38. The van der Waals surface area contributed by atoms with Crippen LogP contribution in [0.25, 0.3) is 0 Å². The molecule has 27 heavy (non-hydrogen) atoms. The van der Waals surface area contributed by atoms with E-state index in [1.165, 1.54) is 37.1 Å². The predicted molar refractivity (Wildman–Crippen MR) is 114 cm³/mol. The van der Waals surface area contributed by atoms with Crippen molar-refractivity contribution in [3.8, 4) is 0 Å². The van der Waals surface area contributed by atoms with Crippen molar-refractivity contribution in [1.82, 2.24) is 0 Å². The van der Waals surface area contributed by atoms with Gasteiger partial charge in [-0.15, -0.1) is 0 Å². The molecule has 0 spiro atoms. The molecule has 1 N–H and O–H groups in total. The van der Waals surface area contributed by atoms with Crippen LogP contribution in [0.2, 0.25) is 0 Å². The summed E-state index contributed by atoms with van der Waals surface area (Å²) in [5.41, 5.74) is 1.91. The number of unbranched alkanes of at least 4 members (excludes halogenated alkanes) is 1. The Morgan fingerprint density at radius 3 is 2.63 bits per heavy atom. The predicted octanol–water partition coefficient (Wildman–Crippen LogP) is 4.48. The Morgan fingerprint density at radius 1 is 1.15 bits per heavy atom. The van der Waals surface area contributed by atoms with Gasteiger partial charge in [0, 0.05) is 41.9 Å². The standard InChI is InChI=1S/C20H28N2O3S2/c23-19(15-25-20(24)6-2-1-5-18-11-14-26-27-18)21-16-7-9-17(10-8-16)22-12-3-4-13-22/h7-10,18H,1-6,11-15H2,(H,21,23)/t18-/m1/s1. The van der Waals surface area contributed by atoms with Gasteiger partial charge in [0.1, 0.15) is 0 Å². The highest BCUT2D eigenvalue weighted by atomic mass is 33.1. The zero-order valence-electron chi connectivity index (χ0n) is 15.7. The van der Waals surface area contributed by atoms with Gasteiger partial charge in [-0.05, 0) is 56.4 Å². The molecule has 5 nitrogen and oxygen atoms in total. The average molecular weight is 409 g/mol. The highest BCUT2D eigenvalue weighted by molar-refractivity contribution is 8.77. The van der Waals surface area contributed by atoms with Gasteiger partial charge in [0.2, 0.25) is 0 Å². The molecular formula is C20H28N2O3S2. The molecule has 0 aromatic heterocycles. The zero-order valence-corrected chi connectivity index (χ0v) is 17.3. The molecule has 0 unspecified atom stereocenters. The van der Waals surface area contributed by atoms with E-state index >= 15 is 0 Å². The Bertz CT molecular complexity index is 612. The lowest BCUT2D eigenvalue weighted by molar-refractivity contribution is -0.147. The van der Waals surface area contributed by atoms with E-state index < -0.39 is 0 Å². The Balaban J connectivity index is 1.28. The van der Waals surface area contributed by atoms with Crippen molar-refractivity contribution in [3.05, 3.63) is 24.3 Å². The fourth-order valence-corrected chi connectivity index (χ4v) is 6.38. The summed E-state index contributed by atoms with van der Waals surface area (Å²) in [5, 5.41) is 3.52. The SMILES string of the molecule is O=C(COC(=O)CCCC[C@@H]1CCSS1)Nc1ccc(N2CCCC2)cc1. The van der Waals surface area contributed by atoms with E-state index in [0.29, 0.717) is 6.42 Å². The van der Waals surface area contributed by atoms with Crippen molar-refractivity contribution in [2.75, 3.05) is 35.7 Å². The highest BCUT2D eigenvalue weighted by Crippen LogP contribution is 2.39. The first-order valence-corrected chi connectivity index (χ1v) is 12.2. The van der Waals surface area contributed by atoms with Crippen LogP contribution in [0, 0.1) is 0 Å². The maximum atomic E-state index is 12.0. The summed E-state index contributed by atoms with van der Waals surface area (Å²) < 4.78 is 5.08. The minimum atomic E-state index is -0.295. The smallest absolute Gasteiger partial charge is 0.306 e. The highest BCUT2D eigenvalue weighted by Gasteiger charge is 2.16. The van der Waals surface area contributed by atoms with Crippen molar-refractivity contribution in [2.45, 2.75) is 50.2 Å². The van der Waals surface area contributed by atoms with Crippen LogP contribution in [0.3, 0.4) is 0 Å². The van der Waals surface area contributed by atoms with E-state index in [1.54, 1.807) is 0 Å². The summed E-state index contributed by atoms with van der Waals surface area (Å²) >= 11 is 0. The van der Waals surface area contributed by atoms with E-state index in [-0.39, 0.29) is 18.5 Å². The van der Waals surface area contributed by atoms with Crippen molar-refractivity contribution in [2.24, 2.45) is 0 Å². The third kappa shape index (κ3) is 6.96. The number of amides is 1. The number of nitrogens with one attached hydrogen (secondary N) is 1. The molecule has 0 aliphatic carbocycles. The molecule has 1 atom stereocenters. The first-order chi connectivity index (χ1) is 13.2. The minimum absolute atomic E-state index is 0.220. The summed E-state index contributed by atoms with van der Waals surface area (Å²) in [5.74, 6) is 0.660. The summed E-state index contributed by atoms with van der Waals surface area (Å²) in [6, 6.07) is 7.83. The van der Waals surface area contributed by atoms with Crippen LogP contribution in [0.1, 0.15) is 44.9 Å². The topological polar surface area (TPSA) is 58.6 Å². The minimum Gasteiger partial charge on any atom is -0.456 e. The number of carbonyl (C=O) groups excluding carboxylic acids is 2. The number of benzene rings is 1. The summed E-state index contributed by atoms with van der Waals surface area (Å²) in [4.78, 5) is 26.1. The molecule has 2 aliphatic rings. The number of anilines is 2. The maximum absolute atomic E-state index is 12.0. The Labute approximate surface area is 169 Å². The maximum Gasteiger partial charge on any atom is 0.306 e. The second-order valence-corrected chi connectivity index (χ2v) is 9.81. The number of rotatable bonds is 9. The van der Waals surface area contributed by atoms with Gasteiger partial charge < -0.3 is 15.0 Å². The molecular weight excluding hydrogens is 380 g/mol. The van der Waals surface area contributed by atoms with Crippen LogP contribution in [0.4, 0.5) is 11.4 Å². The van der Waals surface area contributed by atoms with Crippen molar-refractivity contribution >= 4 is 44.8 Å².